The van der Waals surface area contributed by atoms with E-state index in [-0.39, 0.29) is 17.7 Å². The van der Waals surface area contributed by atoms with Crippen molar-refractivity contribution in [1.29, 1.82) is 0 Å². The molecule has 4 heteroatoms. The molecule has 0 spiro atoms. The van der Waals surface area contributed by atoms with Gasteiger partial charge in [-0.3, -0.25) is 14.5 Å². The standard InChI is InChI=1S/C13H23NO2S/c1-3-5-6-10(4-2)11-9-12(15)14(7-8-17)13(11)16/h10-11,17H,3-9H2,1-2H3. The molecule has 2 unspecified atom stereocenters. The van der Waals surface area contributed by atoms with Crippen LogP contribution in [0.3, 0.4) is 0 Å². The molecule has 1 fully saturated rings. The second kappa shape index (κ2) is 7.04. The van der Waals surface area contributed by atoms with Crippen LogP contribution in [0.5, 0.6) is 0 Å². The Kier molecular flexibility index (Phi) is 6.03. The van der Waals surface area contributed by atoms with Crippen molar-refractivity contribution in [2.45, 2.75) is 46.0 Å². The van der Waals surface area contributed by atoms with E-state index in [1.807, 2.05) is 0 Å². The van der Waals surface area contributed by atoms with Gasteiger partial charge in [-0.25, -0.2) is 0 Å². The van der Waals surface area contributed by atoms with Crippen molar-refractivity contribution in [3.8, 4) is 0 Å². The summed E-state index contributed by atoms with van der Waals surface area (Å²) in [5.41, 5.74) is 0. The lowest BCUT2D eigenvalue weighted by molar-refractivity contribution is -0.139. The van der Waals surface area contributed by atoms with Gasteiger partial charge in [0, 0.05) is 18.7 Å². The Hall–Kier alpha value is -0.510. The van der Waals surface area contributed by atoms with Crippen LogP contribution in [0.1, 0.15) is 46.0 Å². The third-order valence-corrected chi connectivity index (χ3v) is 3.82. The number of carbonyl (C=O) groups excluding carboxylic acids is 2. The number of carbonyl (C=O) groups is 2. The average molecular weight is 257 g/mol. The molecule has 98 valence electrons. The number of likely N-dealkylation sites (tertiary alicyclic amines) is 1. The normalized spacial score (nSPS) is 22.3. The predicted molar refractivity (Wildman–Crippen MR) is 72.0 cm³/mol. The second-order valence-electron chi connectivity index (χ2n) is 4.73. The van der Waals surface area contributed by atoms with E-state index in [1.165, 1.54) is 4.90 Å². The van der Waals surface area contributed by atoms with Gasteiger partial charge < -0.3 is 0 Å². The van der Waals surface area contributed by atoms with Gasteiger partial charge in [0.05, 0.1) is 5.92 Å². The molecule has 0 aromatic carbocycles. The zero-order valence-electron chi connectivity index (χ0n) is 10.8. The molecule has 1 aliphatic rings. The number of rotatable bonds is 7. The van der Waals surface area contributed by atoms with Gasteiger partial charge in [-0.15, -0.1) is 0 Å². The molecular weight excluding hydrogens is 234 g/mol. The zero-order chi connectivity index (χ0) is 12.8. The maximum absolute atomic E-state index is 12.1. The van der Waals surface area contributed by atoms with Crippen molar-refractivity contribution in [1.82, 2.24) is 4.90 Å². The molecule has 0 N–H and O–H groups in total. The van der Waals surface area contributed by atoms with Crippen LogP contribution in [-0.4, -0.2) is 29.0 Å². The quantitative estimate of drug-likeness (QED) is 0.562. The molecule has 0 bridgehead atoms. The van der Waals surface area contributed by atoms with Gasteiger partial charge >= 0.3 is 0 Å². The summed E-state index contributed by atoms with van der Waals surface area (Å²) < 4.78 is 0. The number of amides is 2. The van der Waals surface area contributed by atoms with Crippen molar-refractivity contribution < 1.29 is 9.59 Å². The van der Waals surface area contributed by atoms with E-state index in [9.17, 15) is 9.59 Å². The van der Waals surface area contributed by atoms with Crippen LogP contribution in [-0.2, 0) is 9.59 Å². The van der Waals surface area contributed by atoms with Crippen molar-refractivity contribution in [2.75, 3.05) is 12.3 Å². The Balaban J connectivity index is 2.65. The first-order valence-electron chi connectivity index (χ1n) is 6.60. The minimum atomic E-state index is -0.0704. The molecule has 0 saturated carbocycles. The van der Waals surface area contributed by atoms with Crippen LogP contribution in [0.4, 0.5) is 0 Å². The van der Waals surface area contributed by atoms with E-state index in [1.54, 1.807) is 0 Å². The molecule has 1 rings (SSSR count). The largest absolute Gasteiger partial charge is 0.282 e. The third kappa shape index (κ3) is 3.47. The zero-order valence-corrected chi connectivity index (χ0v) is 11.7. The monoisotopic (exact) mass is 257 g/mol. The lowest BCUT2D eigenvalue weighted by Crippen LogP contribution is -2.33. The van der Waals surface area contributed by atoms with Gasteiger partial charge in [0.2, 0.25) is 11.8 Å². The number of hydrogen-bond acceptors (Lipinski definition) is 3. The highest BCUT2D eigenvalue weighted by Gasteiger charge is 2.41. The fourth-order valence-electron chi connectivity index (χ4n) is 2.57. The van der Waals surface area contributed by atoms with Crippen LogP contribution in [0.2, 0.25) is 0 Å². The molecule has 17 heavy (non-hydrogen) atoms. The molecule has 0 radical (unpaired) electrons. The lowest BCUT2D eigenvalue weighted by Gasteiger charge is -2.20. The summed E-state index contributed by atoms with van der Waals surface area (Å²) in [6.45, 7) is 4.72. The second-order valence-corrected chi connectivity index (χ2v) is 5.18. The SMILES string of the molecule is CCCCC(CC)C1CC(=O)N(CCS)C1=O. The highest BCUT2D eigenvalue weighted by molar-refractivity contribution is 7.80. The van der Waals surface area contributed by atoms with Crippen LogP contribution in [0, 0.1) is 11.8 Å². The van der Waals surface area contributed by atoms with Crippen LogP contribution in [0.25, 0.3) is 0 Å². The molecule has 2 atom stereocenters. The number of thiol groups is 1. The first-order chi connectivity index (χ1) is 8.15. The number of unbranched alkanes of at least 4 members (excludes halogenated alkanes) is 1. The van der Waals surface area contributed by atoms with Crippen LogP contribution < -0.4 is 0 Å². The molecule has 1 aliphatic heterocycles. The Morgan fingerprint density at radius 1 is 1.41 bits per heavy atom. The Morgan fingerprint density at radius 3 is 2.65 bits per heavy atom. The smallest absolute Gasteiger partial charge is 0.233 e. The lowest BCUT2D eigenvalue weighted by atomic mass is 9.85. The number of imide groups is 1. The first-order valence-corrected chi connectivity index (χ1v) is 7.23. The van der Waals surface area contributed by atoms with Crippen molar-refractivity contribution in [2.24, 2.45) is 11.8 Å². The maximum atomic E-state index is 12.1. The van der Waals surface area contributed by atoms with Gasteiger partial charge in [-0.1, -0.05) is 33.1 Å². The summed E-state index contributed by atoms with van der Waals surface area (Å²) in [5.74, 6) is 0.877. The van der Waals surface area contributed by atoms with Gasteiger partial charge in [-0.05, 0) is 12.3 Å². The van der Waals surface area contributed by atoms with Crippen LogP contribution in [0.15, 0.2) is 0 Å². The summed E-state index contributed by atoms with van der Waals surface area (Å²) in [6.07, 6.45) is 4.74. The summed E-state index contributed by atoms with van der Waals surface area (Å²) in [6, 6.07) is 0. The van der Waals surface area contributed by atoms with Crippen molar-refractivity contribution >= 4 is 24.4 Å². The minimum Gasteiger partial charge on any atom is -0.282 e. The molecule has 3 nitrogen and oxygen atoms in total. The van der Waals surface area contributed by atoms with E-state index in [0.717, 1.165) is 25.7 Å². The Morgan fingerprint density at radius 2 is 2.12 bits per heavy atom. The highest BCUT2D eigenvalue weighted by atomic mass is 32.1. The summed E-state index contributed by atoms with van der Waals surface area (Å²) in [4.78, 5) is 25.3. The van der Waals surface area contributed by atoms with Gasteiger partial charge in [-0.2, -0.15) is 12.6 Å². The molecular formula is C13H23NO2S. The molecule has 0 aromatic heterocycles. The van der Waals surface area contributed by atoms with E-state index in [4.69, 9.17) is 0 Å². The molecule has 0 aromatic rings. The van der Waals surface area contributed by atoms with E-state index in [2.05, 4.69) is 26.5 Å². The van der Waals surface area contributed by atoms with Crippen molar-refractivity contribution in [3.05, 3.63) is 0 Å². The summed E-state index contributed by atoms with van der Waals surface area (Å²) in [5, 5.41) is 0. The van der Waals surface area contributed by atoms with Gasteiger partial charge in [0.25, 0.3) is 0 Å². The topological polar surface area (TPSA) is 37.4 Å². The fraction of sp³-hybridized carbons (Fsp3) is 0.846. The molecule has 1 saturated heterocycles. The molecule has 1 heterocycles. The minimum absolute atomic E-state index is 0.0102. The van der Waals surface area contributed by atoms with Crippen LogP contribution >= 0.6 is 12.6 Å². The first kappa shape index (κ1) is 14.6. The predicted octanol–water partition coefficient (Wildman–Crippen LogP) is 2.51. The average Bonchev–Trinajstić information content (AvgIpc) is 2.59. The molecule has 0 aliphatic carbocycles. The van der Waals surface area contributed by atoms with Crippen molar-refractivity contribution in [3.63, 3.8) is 0 Å². The Labute approximate surface area is 109 Å². The summed E-state index contributed by atoms with van der Waals surface area (Å²) >= 11 is 4.09. The maximum Gasteiger partial charge on any atom is 0.233 e. The third-order valence-electron chi connectivity index (χ3n) is 3.62. The van der Waals surface area contributed by atoms with Gasteiger partial charge in [0.1, 0.15) is 0 Å². The summed E-state index contributed by atoms with van der Waals surface area (Å²) in [7, 11) is 0. The fourth-order valence-corrected chi connectivity index (χ4v) is 2.77. The number of nitrogens with zero attached hydrogens (tertiary/aromatic N) is 1. The van der Waals surface area contributed by atoms with E-state index < -0.39 is 0 Å². The molecule has 2 amide bonds. The number of hydrogen-bond donors (Lipinski definition) is 1. The Bertz CT molecular complexity index is 281. The van der Waals surface area contributed by atoms with E-state index in [0.29, 0.717) is 24.6 Å². The van der Waals surface area contributed by atoms with Gasteiger partial charge in [0.15, 0.2) is 0 Å². The highest BCUT2D eigenvalue weighted by Crippen LogP contribution is 2.31. The van der Waals surface area contributed by atoms with E-state index >= 15 is 0 Å².